The molecule has 70 valence electrons. The molecule has 0 radical (unpaired) electrons. The first-order valence-electron chi connectivity index (χ1n) is 4.14. The molecule has 0 heterocycles. The van der Waals surface area contributed by atoms with E-state index in [-0.39, 0.29) is 0 Å². The molecule has 1 aromatic rings. The van der Waals surface area contributed by atoms with E-state index < -0.39 is 0 Å². The van der Waals surface area contributed by atoms with E-state index in [0.29, 0.717) is 0 Å². The quantitative estimate of drug-likeness (QED) is 0.539. The average molecular weight is 198 g/mol. The van der Waals surface area contributed by atoms with Crippen LogP contribution < -0.4 is 0 Å². The van der Waals surface area contributed by atoms with Gasteiger partial charge in [0.15, 0.2) is 0 Å². The molecule has 2 nitrogen and oxygen atoms in total. The molecular weight excluding hydrogens is 186 g/mol. The van der Waals surface area contributed by atoms with Crippen molar-refractivity contribution in [3.05, 3.63) is 34.9 Å². The maximum Gasteiger partial charge on any atom is 0.106 e. The zero-order valence-electron chi connectivity index (χ0n) is 7.75. The van der Waals surface area contributed by atoms with Gasteiger partial charge in [0.1, 0.15) is 7.11 Å². The first-order valence-corrected chi connectivity index (χ1v) is 4.51. The molecule has 1 aromatic carbocycles. The largest absolute Gasteiger partial charge is 0.399 e. The molecule has 0 aliphatic rings. The molecule has 0 amide bonds. The van der Waals surface area contributed by atoms with Crippen molar-refractivity contribution < 1.29 is 4.84 Å². The van der Waals surface area contributed by atoms with Crippen molar-refractivity contribution in [2.24, 2.45) is 5.16 Å². The van der Waals surface area contributed by atoms with Crippen LogP contribution in [0.2, 0.25) is 5.02 Å². The topological polar surface area (TPSA) is 21.6 Å². The van der Waals surface area contributed by atoms with Crippen LogP contribution in [0.5, 0.6) is 0 Å². The van der Waals surface area contributed by atoms with Gasteiger partial charge in [-0.1, -0.05) is 35.8 Å². The summed E-state index contributed by atoms with van der Waals surface area (Å²) in [7, 11) is 1.55. The lowest BCUT2D eigenvalue weighted by atomic mass is 10.1. The minimum atomic E-state index is 0.733. The third-order valence-electron chi connectivity index (χ3n) is 1.71. The number of halogens is 1. The maximum atomic E-state index is 5.77. The van der Waals surface area contributed by atoms with Gasteiger partial charge in [-0.2, -0.15) is 0 Å². The molecule has 0 aliphatic carbocycles. The Bertz CT molecular complexity index is 292. The summed E-state index contributed by atoms with van der Waals surface area (Å²) < 4.78 is 0. The third-order valence-corrected chi connectivity index (χ3v) is 1.97. The third kappa shape index (κ3) is 2.74. The Hall–Kier alpha value is -1.02. The summed E-state index contributed by atoms with van der Waals surface area (Å²) in [6.45, 7) is 2.03. The van der Waals surface area contributed by atoms with Crippen molar-refractivity contribution in [2.75, 3.05) is 7.11 Å². The Morgan fingerprint density at radius 1 is 1.38 bits per heavy atom. The van der Waals surface area contributed by atoms with Crippen LogP contribution in [-0.4, -0.2) is 12.8 Å². The molecule has 0 saturated heterocycles. The van der Waals surface area contributed by atoms with E-state index in [0.717, 1.165) is 22.7 Å². The number of benzene rings is 1. The van der Waals surface area contributed by atoms with Crippen LogP contribution >= 0.6 is 11.6 Å². The smallest absolute Gasteiger partial charge is 0.106 e. The van der Waals surface area contributed by atoms with Crippen molar-refractivity contribution in [3.63, 3.8) is 0 Å². The molecule has 0 aliphatic heterocycles. The van der Waals surface area contributed by atoms with Gasteiger partial charge in [-0.3, -0.25) is 0 Å². The predicted octanol–water partition coefficient (Wildman–Crippen LogP) is 3.10. The Labute approximate surface area is 83.2 Å². The summed E-state index contributed by atoms with van der Waals surface area (Å²) in [5.74, 6) is 0. The molecule has 0 fully saturated rings. The number of oxime groups is 1. The standard InChI is InChI=1S/C10H12ClNO/c1-3-10(12-13-2)8-4-6-9(11)7-5-8/h4-7H,3H2,1-2H3. The number of hydrogen-bond acceptors (Lipinski definition) is 2. The van der Waals surface area contributed by atoms with Gasteiger partial charge in [-0.25, -0.2) is 0 Å². The predicted molar refractivity (Wildman–Crippen MR) is 55.3 cm³/mol. The molecule has 0 N–H and O–H groups in total. The van der Waals surface area contributed by atoms with E-state index in [1.54, 1.807) is 7.11 Å². The minimum Gasteiger partial charge on any atom is -0.399 e. The highest BCUT2D eigenvalue weighted by Crippen LogP contribution is 2.11. The van der Waals surface area contributed by atoms with Crippen LogP contribution in [0.3, 0.4) is 0 Å². The first kappa shape index (κ1) is 10.1. The molecule has 13 heavy (non-hydrogen) atoms. The second-order valence-electron chi connectivity index (χ2n) is 2.58. The molecule has 0 spiro atoms. The van der Waals surface area contributed by atoms with Crippen LogP contribution in [0.15, 0.2) is 29.4 Å². The number of hydrogen-bond donors (Lipinski definition) is 0. The summed E-state index contributed by atoms with van der Waals surface area (Å²) in [6.07, 6.45) is 0.843. The van der Waals surface area contributed by atoms with Gasteiger partial charge in [0.2, 0.25) is 0 Å². The van der Waals surface area contributed by atoms with E-state index in [1.165, 1.54) is 0 Å². The van der Waals surface area contributed by atoms with E-state index in [9.17, 15) is 0 Å². The zero-order valence-corrected chi connectivity index (χ0v) is 8.51. The van der Waals surface area contributed by atoms with Crippen molar-refractivity contribution in [3.8, 4) is 0 Å². The number of nitrogens with zero attached hydrogens (tertiary/aromatic N) is 1. The highest BCUT2D eigenvalue weighted by atomic mass is 35.5. The Morgan fingerprint density at radius 2 is 2.00 bits per heavy atom. The van der Waals surface area contributed by atoms with Gasteiger partial charge in [-0.05, 0) is 24.1 Å². The molecule has 0 atom stereocenters. The monoisotopic (exact) mass is 197 g/mol. The van der Waals surface area contributed by atoms with Crippen molar-refractivity contribution in [1.82, 2.24) is 0 Å². The summed E-state index contributed by atoms with van der Waals surface area (Å²) in [6, 6.07) is 7.56. The first-order chi connectivity index (χ1) is 6.27. The Kier molecular flexibility index (Phi) is 3.77. The van der Waals surface area contributed by atoms with Gasteiger partial charge in [0.25, 0.3) is 0 Å². The van der Waals surface area contributed by atoms with Gasteiger partial charge in [-0.15, -0.1) is 0 Å². The van der Waals surface area contributed by atoms with Crippen LogP contribution in [0.1, 0.15) is 18.9 Å². The lowest BCUT2D eigenvalue weighted by Crippen LogP contribution is -1.98. The zero-order chi connectivity index (χ0) is 9.68. The fourth-order valence-corrected chi connectivity index (χ4v) is 1.20. The van der Waals surface area contributed by atoms with Crippen molar-refractivity contribution in [2.45, 2.75) is 13.3 Å². The van der Waals surface area contributed by atoms with Crippen molar-refractivity contribution in [1.29, 1.82) is 0 Å². The molecule has 0 unspecified atom stereocenters. The molecule has 1 rings (SSSR count). The summed E-state index contributed by atoms with van der Waals surface area (Å²) in [5.41, 5.74) is 1.98. The fourth-order valence-electron chi connectivity index (χ4n) is 1.07. The molecule has 3 heteroatoms. The van der Waals surface area contributed by atoms with E-state index in [1.807, 2.05) is 31.2 Å². The summed E-state index contributed by atoms with van der Waals surface area (Å²) in [5, 5.41) is 4.65. The lowest BCUT2D eigenvalue weighted by molar-refractivity contribution is 0.213. The second kappa shape index (κ2) is 4.87. The minimum absolute atomic E-state index is 0.733. The molecule has 0 saturated carbocycles. The SMILES string of the molecule is CCC(=NOC)c1ccc(Cl)cc1. The van der Waals surface area contributed by atoms with Crippen LogP contribution in [-0.2, 0) is 4.84 Å². The highest BCUT2D eigenvalue weighted by molar-refractivity contribution is 6.30. The molecular formula is C10H12ClNO. The molecule has 0 bridgehead atoms. The van der Waals surface area contributed by atoms with Gasteiger partial charge >= 0.3 is 0 Å². The van der Waals surface area contributed by atoms with Crippen molar-refractivity contribution >= 4 is 17.3 Å². The summed E-state index contributed by atoms with van der Waals surface area (Å²) >= 11 is 5.77. The lowest BCUT2D eigenvalue weighted by Gasteiger charge is -2.02. The number of rotatable bonds is 3. The Balaban J connectivity index is 2.92. The fraction of sp³-hybridized carbons (Fsp3) is 0.300. The second-order valence-corrected chi connectivity index (χ2v) is 3.02. The average Bonchev–Trinajstić information content (AvgIpc) is 2.16. The maximum absolute atomic E-state index is 5.77. The molecule has 0 aromatic heterocycles. The van der Waals surface area contributed by atoms with Gasteiger partial charge in [0.05, 0.1) is 5.71 Å². The van der Waals surface area contributed by atoms with Gasteiger partial charge in [0, 0.05) is 5.02 Å². The van der Waals surface area contributed by atoms with E-state index >= 15 is 0 Å². The van der Waals surface area contributed by atoms with E-state index in [2.05, 4.69) is 5.16 Å². The van der Waals surface area contributed by atoms with Crippen LogP contribution in [0, 0.1) is 0 Å². The van der Waals surface area contributed by atoms with Crippen LogP contribution in [0.25, 0.3) is 0 Å². The highest BCUT2D eigenvalue weighted by Gasteiger charge is 2.00. The van der Waals surface area contributed by atoms with E-state index in [4.69, 9.17) is 16.4 Å². The van der Waals surface area contributed by atoms with Crippen LogP contribution in [0.4, 0.5) is 0 Å². The normalized spacial score (nSPS) is 11.5. The van der Waals surface area contributed by atoms with Gasteiger partial charge < -0.3 is 4.84 Å². The Morgan fingerprint density at radius 3 is 2.46 bits per heavy atom. The summed E-state index contributed by atoms with van der Waals surface area (Å²) in [4.78, 5) is 4.73.